The van der Waals surface area contributed by atoms with E-state index in [-0.39, 0.29) is 29.6 Å². The smallest absolute Gasteiger partial charge is 0.256 e. The molecule has 1 saturated heterocycles. The van der Waals surface area contributed by atoms with Crippen molar-refractivity contribution < 1.29 is 18.8 Å². The summed E-state index contributed by atoms with van der Waals surface area (Å²) in [4.78, 5) is 40.3. The van der Waals surface area contributed by atoms with Crippen LogP contribution in [0, 0.1) is 0 Å². The molecule has 3 amide bonds. The van der Waals surface area contributed by atoms with E-state index >= 15 is 0 Å². The van der Waals surface area contributed by atoms with E-state index in [1.165, 1.54) is 0 Å². The molecule has 0 radical (unpaired) electrons. The first-order valence-electron chi connectivity index (χ1n) is 9.72. The summed E-state index contributed by atoms with van der Waals surface area (Å²) in [6, 6.07) is 9.77. The molecule has 2 aliphatic heterocycles. The molecule has 0 unspecified atom stereocenters. The highest BCUT2D eigenvalue weighted by atomic mass is 32.2. The van der Waals surface area contributed by atoms with Crippen LogP contribution in [-0.2, 0) is 16.1 Å². The van der Waals surface area contributed by atoms with Crippen LogP contribution in [0.4, 0.5) is 0 Å². The van der Waals surface area contributed by atoms with E-state index < -0.39 is 12.1 Å². The number of carbonyl (C=O) groups is 3. The molecule has 0 bridgehead atoms. The lowest BCUT2D eigenvalue weighted by Crippen LogP contribution is -2.53. The summed E-state index contributed by atoms with van der Waals surface area (Å²) in [6.07, 6.45) is 4.01. The average Bonchev–Trinajstić information content (AvgIpc) is 3.48. The van der Waals surface area contributed by atoms with Crippen molar-refractivity contribution in [2.24, 2.45) is 0 Å². The van der Waals surface area contributed by atoms with Gasteiger partial charge < -0.3 is 20.0 Å². The van der Waals surface area contributed by atoms with Gasteiger partial charge in [-0.25, -0.2) is 0 Å². The van der Waals surface area contributed by atoms with Crippen LogP contribution in [0.1, 0.15) is 33.5 Å². The maximum atomic E-state index is 13.1. The predicted molar refractivity (Wildman–Crippen MR) is 117 cm³/mol. The number of nitrogens with zero attached hydrogens (tertiary/aromatic N) is 1. The number of benzene rings is 1. The van der Waals surface area contributed by atoms with Crippen LogP contribution in [0.3, 0.4) is 0 Å². The third-order valence-corrected chi connectivity index (χ3v) is 7.20. The molecular formula is C21H23N3O4S2. The Kier molecular flexibility index (Phi) is 6.38. The summed E-state index contributed by atoms with van der Waals surface area (Å²) >= 11 is 3.20. The predicted octanol–water partition coefficient (Wildman–Crippen LogP) is 2.40. The van der Waals surface area contributed by atoms with Crippen molar-refractivity contribution in [3.8, 4) is 0 Å². The first-order chi connectivity index (χ1) is 14.6. The Balaban J connectivity index is 1.42. The van der Waals surface area contributed by atoms with E-state index in [1.807, 2.05) is 24.5 Å². The van der Waals surface area contributed by atoms with E-state index in [0.29, 0.717) is 23.5 Å². The highest BCUT2D eigenvalue weighted by Crippen LogP contribution is 2.48. The van der Waals surface area contributed by atoms with E-state index in [4.69, 9.17) is 4.42 Å². The SMILES string of the molecule is CSCC[C@H](NC(=O)[C@@H]1CS[C@@H]2c3ccccc3C(=O)N21)C(=O)NCc1ccco1. The molecule has 3 atom stereocenters. The van der Waals surface area contributed by atoms with Crippen molar-refractivity contribution in [3.63, 3.8) is 0 Å². The van der Waals surface area contributed by atoms with Gasteiger partial charge >= 0.3 is 0 Å². The van der Waals surface area contributed by atoms with Gasteiger partial charge in [0.25, 0.3) is 5.91 Å². The second-order valence-electron chi connectivity index (χ2n) is 7.14. The van der Waals surface area contributed by atoms with Crippen molar-refractivity contribution in [2.45, 2.75) is 30.4 Å². The molecule has 7 nitrogen and oxygen atoms in total. The number of thioether (sulfide) groups is 2. The van der Waals surface area contributed by atoms with Crippen LogP contribution in [-0.4, -0.2) is 52.5 Å². The van der Waals surface area contributed by atoms with Gasteiger partial charge in [0.15, 0.2) is 0 Å². The van der Waals surface area contributed by atoms with Crippen LogP contribution < -0.4 is 10.6 Å². The molecule has 2 N–H and O–H groups in total. The molecule has 1 aromatic heterocycles. The van der Waals surface area contributed by atoms with Gasteiger partial charge in [0.05, 0.1) is 12.8 Å². The molecule has 0 aliphatic carbocycles. The van der Waals surface area contributed by atoms with Crippen molar-refractivity contribution in [1.29, 1.82) is 0 Å². The number of furan rings is 1. The van der Waals surface area contributed by atoms with E-state index in [2.05, 4.69) is 10.6 Å². The number of amides is 3. The summed E-state index contributed by atoms with van der Waals surface area (Å²) in [6.45, 7) is 0.263. The second-order valence-corrected chi connectivity index (χ2v) is 9.24. The number of rotatable bonds is 8. The van der Waals surface area contributed by atoms with E-state index in [1.54, 1.807) is 52.9 Å². The van der Waals surface area contributed by atoms with Crippen LogP contribution in [0.25, 0.3) is 0 Å². The average molecular weight is 446 g/mol. The number of hydrogen-bond acceptors (Lipinski definition) is 6. The lowest BCUT2D eigenvalue weighted by atomic mass is 10.1. The highest BCUT2D eigenvalue weighted by molar-refractivity contribution is 7.99. The lowest BCUT2D eigenvalue weighted by Gasteiger charge is -2.25. The first-order valence-corrected chi connectivity index (χ1v) is 12.2. The zero-order valence-electron chi connectivity index (χ0n) is 16.5. The van der Waals surface area contributed by atoms with Crippen LogP contribution >= 0.6 is 23.5 Å². The van der Waals surface area contributed by atoms with Gasteiger partial charge in [-0.05, 0) is 42.2 Å². The zero-order valence-corrected chi connectivity index (χ0v) is 18.1. The third-order valence-electron chi connectivity index (χ3n) is 5.26. The molecule has 1 aromatic carbocycles. The number of nitrogens with one attached hydrogen (secondary N) is 2. The van der Waals surface area contributed by atoms with Gasteiger partial charge in [-0.1, -0.05) is 18.2 Å². The molecule has 158 valence electrons. The van der Waals surface area contributed by atoms with Gasteiger partial charge in [0, 0.05) is 11.3 Å². The minimum Gasteiger partial charge on any atom is -0.467 e. The molecule has 2 aliphatic rings. The van der Waals surface area contributed by atoms with Gasteiger partial charge in [-0.3, -0.25) is 14.4 Å². The van der Waals surface area contributed by atoms with Crippen LogP contribution in [0.2, 0.25) is 0 Å². The monoisotopic (exact) mass is 445 g/mol. The molecule has 2 aromatic rings. The molecule has 0 spiro atoms. The normalized spacial score (nSPS) is 20.6. The van der Waals surface area contributed by atoms with Crippen LogP contribution in [0.15, 0.2) is 47.1 Å². The van der Waals surface area contributed by atoms with Crippen molar-refractivity contribution >= 4 is 41.2 Å². The van der Waals surface area contributed by atoms with Gasteiger partial charge in [-0.15, -0.1) is 11.8 Å². The summed E-state index contributed by atoms with van der Waals surface area (Å²) in [7, 11) is 0. The Morgan fingerprint density at radius 3 is 2.90 bits per heavy atom. The number of fused-ring (bicyclic) bond motifs is 3. The summed E-state index contributed by atoms with van der Waals surface area (Å²) < 4.78 is 5.24. The largest absolute Gasteiger partial charge is 0.467 e. The van der Waals surface area contributed by atoms with Crippen molar-refractivity contribution in [2.75, 3.05) is 17.8 Å². The Hall–Kier alpha value is -2.39. The molecule has 9 heteroatoms. The quantitative estimate of drug-likeness (QED) is 0.648. The van der Waals surface area contributed by atoms with Crippen LogP contribution in [0.5, 0.6) is 0 Å². The molecular weight excluding hydrogens is 422 g/mol. The standard InChI is InChI=1S/C21H23N3O4S2/c1-29-10-8-16(18(25)22-11-13-5-4-9-28-13)23-19(26)17-12-30-21-15-7-3-2-6-14(15)20(27)24(17)21/h2-7,9,16-17,21H,8,10-12H2,1H3,(H,22,25)(H,23,26)/t16-,17-,21+/m0/s1. The van der Waals surface area contributed by atoms with Crippen molar-refractivity contribution in [3.05, 3.63) is 59.5 Å². The zero-order chi connectivity index (χ0) is 21.1. The maximum Gasteiger partial charge on any atom is 0.256 e. The minimum atomic E-state index is -0.663. The van der Waals surface area contributed by atoms with E-state index in [9.17, 15) is 14.4 Å². The topological polar surface area (TPSA) is 91.7 Å². The Labute approximate surface area is 183 Å². The minimum absolute atomic E-state index is 0.122. The first kappa shape index (κ1) is 20.9. The molecule has 30 heavy (non-hydrogen) atoms. The summed E-state index contributed by atoms with van der Waals surface area (Å²) in [5.74, 6) is 1.23. The lowest BCUT2D eigenvalue weighted by molar-refractivity contribution is -0.131. The summed E-state index contributed by atoms with van der Waals surface area (Å²) in [5.41, 5.74) is 1.61. The number of hydrogen-bond donors (Lipinski definition) is 2. The molecule has 0 saturated carbocycles. The molecule has 1 fully saturated rings. The maximum absolute atomic E-state index is 13.1. The Bertz CT molecular complexity index is 934. The Morgan fingerprint density at radius 2 is 2.13 bits per heavy atom. The van der Waals surface area contributed by atoms with Gasteiger partial charge in [0.1, 0.15) is 23.2 Å². The molecule has 3 heterocycles. The Morgan fingerprint density at radius 1 is 1.30 bits per heavy atom. The summed E-state index contributed by atoms with van der Waals surface area (Å²) in [5, 5.41) is 5.56. The van der Waals surface area contributed by atoms with Crippen molar-refractivity contribution in [1.82, 2.24) is 15.5 Å². The number of carbonyl (C=O) groups excluding carboxylic acids is 3. The fourth-order valence-corrected chi connectivity index (χ4v) is 5.66. The highest BCUT2D eigenvalue weighted by Gasteiger charge is 2.48. The fourth-order valence-electron chi connectivity index (χ4n) is 3.73. The molecule has 4 rings (SSSR count). The van der Waals surface area contributed by atoms with E-state index in [0.717, 1.165) is 11.3 Å². The second kappa shape index (κ2) is 9.18. The van der Waals surface area contributed by atoms with Gasteiger partial charge in [-0.2, -0.15) is 11.8 Å². The van der Waals surface area contributed by atoms with Gasteiger partial charge in [0.2, 0.25) is 11.8 Å². The fraction of sp³-hybridized carbons (Fsp3) is 0.381. The third kappa shape index (κ3) is 4.09.